The highest BCUT2D eigenvalue weighted by Crippen LogP contribution is 2.16. The summed E-state index contributed by atoms with van der Waals surface area (Å²) in [4.78, 5) is 26.4. The highest BCUT2D eigenvalue weighted by molar-refractivity contribution is 5.88. The molecule has 1 N–H and O–H groups in total. The molecule has 0 aromatic heterocycles. The number of rotatable bonds is 6. The number of hydrogen-bond donors (Lipinski definition) is 1. The van der Waals surface area contributed by atoms with Crippen molar-refractivity contribution in [2.24, 2.45) is 0 Å². The lowest BCUT2D eigenvalue weighted by Crippen LogP contribution is -2.47. The van der Waals surface area contributed by atoms with E-state index in [1.54, 1.807) is 25.1 Å². The molecule has 2 rings (SSSR count). The second kappa shape index (κ2) is 8.61. The van der Waals surface area contributed by atoms with Crippen molar-refractivity contribution >= 4 is 11.8 Å². The summed E-state index contributed by atoms with van der Waals surface area (Å²) in [6.45, 7) is 5.70. The van der Waals surface area contributed by atoms with Crippen LogP contribution in [0.3, 0.4) is 0 Å². The number of aryl methyl sites for hydroxylation is 2. The lowest BCUT2D eigenvalue weighted by Gasteiger charge is -2.28. The Morgan fingerprint density at radius 1 is 1.12 bits per heavy atom. The molecule has 2 aromatic carbocycles. The Kier molecular flexibility index (Phi) is 6.50. The minimum absolute atomic E-state index is 0.0466. The molecule has 5 heteroatoms. The number of benzene rings is 2. The highest BCUT2D eigenvalue weighted by atomic mass is 19.1. The van der Waals surface area contributed by atoms with Gasteiger partial charge in [-0.1, -0.05) is 36.4 Å². The standard InChI is InChI=1S/C21H25FN2O2/c1-14-9-10-17(11-15(14)2)12-20(25)24(16(3)21(26)23-4)13-18-7-5-6-8-19(18)22/h5-11,16H,12-13H2,1-4H3,(H,23,26). The second-order valence-electron chi connectivity index (χ2n) is 6.50. The van der Waals surface area contributed by atoms with Crippen LogP contribution in [-0.2, 0) is 22.6 Å². The van der Waals surface area contributed by atoms with E-state index in [1.807, 2.05) is 32.0 Å². The van der Waals surface area contributed by atoms with Crippen molar-refractivity contribution in [3.63, 3.8) is 0 Å². The monoisotopic (exact) mass is 356 g/mol. The maximum absolute atomic E-state index is 14.0. The van der Waals surface area contributed by atoms with Crippen LogP contribution in [0, 0.1) is 19.7 Å². The molecule has 0 spiro atoms. The zero-order valence-electron chi connectivity index (χ0n) is 15.7. The van der Waals surface area contributed by atoms with Gasteiger partial charge in [0.25, 0.3) is 0 Å². The van der Waals surface area contributed by atoms with Crippen LogP contribution >= 0.6 is 0 Å². The van der Waals surface area contributed by atoms with Crippen LogP contribution in [0.2, 0.25) is 0 Å². The van der Waals surface area contributed by atoms with Crippen molar-refractivity contribution in [3.8, 4) is 0 Å². The van der Waals surface area contributed by atoms with E-state index in [0.29, 0.717) is 5.56 Å². The first-order chi connectivity index (χ1) is 12.3. The predicted molar refractivity (Wildman–Crippen MR) is 100 cm³/mol. The van der Waals surface area contributed by atoms with Gasteiger partial charge in [0.2, 0.25) is 11.8 Å². The summed E-state index contributed by atoms with van der Waals surface area (Å²) in [5.41, 5.74) is 3.52. The van der Waals surface area contributed by atoms with Gasteiger partial charge in [-0.15, -0.1) is 0 Å². The zero-order chi connectivity index (χ0) is 19.3. The third-order valence-corrected chi connectivity index (χ3v) is 4.64. The molecule has 0 heterocycles. The Morgan fingerprint density at radius 3 is 2.42 bits per heavy atom. The van der Waals surface area contributed by atoms with Crippen molar-refractivity contribution in [3.05, 3.63) is 70.5 Å². The quantitative estimate of drug-likeness (QED) is 0.864. The van der Waals surface area contributed by atoms with E-state index in [2.05, 4.69) is 5.32 Å². The SMILES string of the molecule is CNC(=O)C(C)N(Cc1ccccc1F)C(=O)Cc1ccc(C)c(C)c1. The minimum atomic E-state index is -0.696. The van der Waals surface area contributed by atoms with E-state index in [1.165, 1.54) is 18.0 Å². The maximum atomic E-state index is 14.0. The van der Waals surface area contributed by atoms with Gasteiger partial charge in [0.1, 0.15) is 11.9 Å². The molecule has 1 atom stereocenters. The van der Waals surface area contributed by atoms with Crippen molar-refractivity contribution in [2.75, 3.05) is 7.05 Å². The molecule has 0 bridgehead atoms. The minimum Gasteiger partial charge on any atom is -0.357 e. The number of halogens is 1. The molecule has 2 amide bonds. The van der Waals surface area contributed by atoms with Gasteiger partial charge in [-0.05, 0) is 43.5 Å². The lowest BCUT2D eigenvalue weighted by atomic mass is 10.0. The van der Waals surface area contributed by atoms with E-state index >= 15 is 0 Å². The smallest absolute Gasteiger partial charge is 0.242 e. The molecule has 0 aliphatic carbocycles. The van der Waals surface area contributed by atoms with E-state index in [4.69, 9.17) is 0 Å². The Morgan fingerprint density at radius 2 is 1.81 bits per heavy atom. The molecule has 0 fully saturated rings. The number of nitrogens with one attached hydrogen (secondary N) is 1. The fraction of sp³-hybridized carbons (Fsp3) is 0.333. The van der Waals surface area contributed by atoms with Crippen molar-refractivity contribution < 1.29 is 14.0 Å². The van der Waals surface area contributed by atoms with Crippen LogP contribution in [-0.4, -0.2) is 29.8 Å². The molecule has 4 nitrogen and oxygen atoms in total. The third kappa shape index (κ3) is 4.69. The lowest BCUT2D eigenvalue weighted by molar-refractivity contribution is -0.139. The Balaban J connectivity index is 2.26. The van der Waals surface area contributed by atoms with E-state index in [-0.39, 0.29) is 30.6 Å². The normalized spacial score (nSPS) is 11.7. The number of likely N-dealkylation sites (N-methyl/N-ethyl adjacent to an activating group) is 1. The molecule has 0 aliphatic rings. The first kappa shape index (κ1) is 19.6. The summed E-state index contributed by atoms with van der Waals surface area (Å²) in [7, 11) is 1.52. The van der Waals surface area contributed by atoms with Crippen molar-refractivity contribution in [1.82, 2.24) is 10.2 Å². The Labute approximate surface area is 154 Å². The molecule has 0 saturated carbocycles. The first-order valence-corrected chi connectivity index (χ1v) is 8.64. The van der Waals surface area contributed by atoms with Crippen molar-refractivity contribution in [1.29, 1.82) is 0 Å². The Bertz CT molecular complexity index is 804. The van der Waals surface area contributed by atoms with Crippen LogP contribution < -0.4 is 5.32 Å². The average molecular weight is 356 g/mol. The fourth-order valence-electron chi connectivity index (χ4n) is 2.79. The molecule has 2 aromatic rings. The molecular formula is C21H25FN2O2. The fourth-order valence-corrected chi connectivity index (χ4v) is 2.79. The van der Waals surface area contributed by atoms with Gasteiger partial charge >= 0.3 is 0 Å². The largest absolute Gasteiger partial charge is 0.357 e. The second-order valence-corrected chi connectivity index (χ2v) is 6.50. The van der Waals surface area contributed by atoms with Gasteiger partial charge in [0.15, 0.2) is 0 Å². The average Bonchev–Trinajstić information content (AvgIpc) is 2.62. The van der Waals surface area contributed by atoms with Crippen LogP contribution in [0.5, 0.6) is 0 Å². The highest BCUT2D eigenvalue weighted by Gasteiger charge is 2.26. The molecule has 1 unspecified atom stereocenters. The van der Waals surface area contributed by atoms with E-state index < -0.39 is 6.04 Å². The van der Waals surface area contributed by atoms with Gasteiger partial charge in [0, 0.05) is 19.2 Å². The maximum Gasteiger partial charge on any atom is 0.242 e. The van der Waals surface area contributed by atoms with Gasteiger partial charge in [-0.3, -0.25) is 9.59 Å². The number of nitrogens with zero attached hydrogens (tertiary/aromatic N) is 1. The summed E-state index contributed by atoms with van der Waals surface area (Å²) < 4.78 is 14.0. The van der Waals surface area contributed by atoms with Gasteiger partial charge < -0.3 is 10.2 Å². The van der Waals surface area contributed by atoms with E-state index in [0.717, 1.165) is 16.7 Å². The zero-order valence-corrected chi connectivity index (χ0v) is 15.7. The molecule has 138 valence electrons. The number of hydrogen-bond acceptors (Lipinski definition) is 2. The first-order valence-electron chi connectivity index (χ1n) is 8.64. The van der Waals surface area contributed by atoms with Gasteiger partial charge in [-0.25, -0.2) is 4.39 Å². The summed E-state index contributed by atoms with van der Waals surface area (Å²) >= 11 is 0. The van der Waals surface area contributed by atoms with E-state index in [9.17, 15) is 14.0 Å². The topological polar surface area (TPSA) is 49.4 Å². The van der Waals surface area contributed by atoms with Crippen LogP contribution in [0.1, 0.15) is 29.2 Å². The number of carbonyl (C=O) groups excluding carboxylic acids is 2. The van der Waals surface area contributed by atoms with Crippen LogP contribution in [0.15, 0.2) is 42.5 Å². The molecular weight excluding hydrogens is 331 g/mol. The van der Waals surface area contributed by atoms with Crippen LogP contribution in [0.4, 0.5) is 4.39 Å². The summed E-state index contributed by atoms with van der Waals surface area (Å²) in [6, 6.07) is 11.5. The number of carbonyl (C=O) groups is 2. The Hall–Kier alpha value is -2.69. The molecule has 26 heavy (non-hydrogen) atoms. The molecule has 0 aliphatic heterocycles. The number of amides is 2. The van der Waals surface area contributed by atoms with Crippen LogP contribution in [0.25, 0.3) is 0 Å². The van der Waals surface area contributed by atoms with Gasteiger partial charge in [0.05, 0.1) is 6.42 Å². The predicted octanol–water partition coefficient (Wildman–Crippen LogP) is 3.15. The molecule has 0 saturated heterocycles. The third-order valence-electron chi connectivity index (χ3n) is 4.64. The molecule has 0 radical (unpaired) electrons. The summed E-state index contributed by atoms with van der Waals surface area (Å²) in [5.74, 6) is -0.886. The van der Waals surface area contributed by atoms with Gasteiger partial charge in [-0.2, -0.15) is 0 Å². The summed E-state index contributed by atoms with van der Waals surface area (Å²) in [6.07, 6.45) is 0.164. The van der Waals surface area contributed by atoms with Crippen molar-refractivity contribution in [2.45, 2.75) is 39.8 Å². The summed E-state index contributed by atoms with van der Waals surface area (Å²) in [5, 5.41) is 2.55.